The van der Waals surface area contributed by atoms with Crippen LogP contribution in [0.25, 0.3) is 0 Å². The lowest BCUT2D eigenvalue weighted by Crippen LogP contribution is -1.93. The molecule has 0 aliphatic heterocycles. The molecule has 0 bridgehead atoms. The van der Waals surface area contributed by atoms with Gasteiger partial charge in [-0.15, -0.1) is 0 Å². The van der Waals surface area contributed by atoms with E-state index in [9.17, 15) is 10.1 Å². The molecule has 0 fully saturated rings. The van der Waals surface area contributed by atoms with Crippen molar-refractivity contribution in [3.05, 3.63) is 21.9 Å². The Labute approximate surface area is 54.5 Å². The van der Waals surface area contributed by atoms with E-state index in [-0.39, 0.29) is 5.92 Å². The molecule has 0 aromatic carbocycles. The third-order valence-corrected chi connectivity index (χ3v) is 1.22. The Morgan fingerprint density at radius 2 is 2.11 bits per heavy atom. The molecule has 52 valence electrons. The summed E-state index contributed by atoms with van der Waals surface area (Å²) < 4.78 is 0. The second kappa shape index (κ2) is 3.22. The topological polar surface area (TPSA) is 43.1 Å². The Bertz CT molecular complexity index is 138. The normalized spacial score (nSPS) is 12.2. The van der Waals surface area contributed by atoms with Crippen molar-refractivity contribution < 1.29 is 4.92 Å². The summed E-state index contributed by atoms with van der Waals surface area (Å²) in [5, 5.41) is 9.84. The average molecular weight is 129 g/mol. The Hall–Kier alpha value is -0.860. The van der Waals surface area contributed by atoms with Gasteiger partial charge in [-0.1, -0.05) is 13.8 Å². The van der Waals surface area contributed by atoms with Gasteiger partial charge in [0, 0.05) is 0 Å². The summed E-state index contributed by atoms with van der Waals surface area (Å²) in [5.41, 5.74) is 0.806. The van der Waals surface area contributed by atoms with Gasteiger partial charge in [0.05, 0.1) is 4.92 Å². The van der Waals surface area contributed by atoms with Crippen LogP contribution in [0.5, 0.6) is 0 Å². The third-order valence-electron chi connectivity index (χ3n) is 1.22. The molecular formula is C6H11NO2. The van der Waals surface area contributed by atoms with Gasteiger partial charge < -0.3 is 0 Å². The van der Waals surface area contributed by atoms with Gasteiger partial charge in [-0.25, -0.2) is 0 Å². The summed E-state index contributed by atoms with van der Waals surface area (Å²) >= 11 is 0. The lowest BCUT2D eigenvalue weighted by atomic mass is 10.1. The van der Waals surface area contributed by atoms with Crippen LogP contribution in [0.4, 0.5) is 0 Å². The highest BCUT2D eigenvalue weighted by Crippen LogP contribution is 2.06. The van der Waals surface area contributed by atoms with Crippen LogP contribution in [0, 0.1) is 16.0 Å². The third kappa shape index (κ3) is 3.70. The van der Waals surface area contributed by atoms with Crippen molar-refractivity contribution in [2.75, 3.05) is 0 Å². The van der Waals surface area contributed by atoms with Gasteiger partial charge in [0.1, 0.15) is 0 Å². The highest BCUT2D eigenvalue weighted by Gasteiger charge is 1.99. The molecule has 0 heterocycles. The minimum absolute atomic E-state index is 0.274. The van der Waals surface area contributed by atoms with Gasteiger partial charge in [0.2, 0.25) is 6.20 Å². The Balaban J connectivity index is 4.00. The molecule has 0 aromatic rings. The second-order valence-electron chi connectivity index (χ2n) is 2.31. The summed E-state index contributed by atoms with van der Waals surface area (Å²) in [6.45, 7) is 5.61. The molecule has 0 spiro atoms. The molecule has 3 heteroatoms. The van der Waals surface area contributed by atoms with Crippen molar-refractivity contribution in [1.82, 2.24) is 0 Å². The number of hydrogen-bond donors (Lipinski definition) is 0. The zero-order valence-corrected chi connectivity index (χ0v) is 5.92. The van der Waals surface area contributed by atoms with Crippen LogP contribution in [0.1, 0.15) is 20.8 Å². The molecule has 0 rings (SSSR count). The molecule has 0 saturated heterocycles. The smallest absolute Gasteiger partial charge is 0.233 e. The molecule has 9 heavy (non-hydrogen) atoms. The van der Waals surface area contributed by atoms with Crippen LogP contribution in [-0.2, 0) is 0 Å². The number of nitrogens with zero attached hydrogens (tertiary/aromatic N) is 1. The summed E-state index contributed by atoms with van der Waals surface area (Å²) in [5.74, 6) is 0.274. The second-order valence-corrected chi connectivity index (χ2v) is 2.31. The molecular weight excluding hydrogens is 118 g/mol. The van der Waals surface area contributed by atoms with E-state index in [0.717, 1.165) is 11.8 Å². The molecule has 0 aliphatic rings. The van der Waals surface area contributed by atoms with E-state index < -0.39 is 4.92 Å². The zero-order chi connectivity index (χ0) is 7.44. The maximum Gasteiger partial charge on any atom is 0.233 e. The van der Waals surface area contributed by atoms with Gasteiger partial charge in [-0.2, -0.15) is 0 Å². The van der Waals surface area contributed by atoms with E-state index in [1.807, 2.05) is 13.8 Å². The molecule has 0 aliphatic carbocycles. The summed E-state index contributed by atoms with van der Waals surface area (Å²) in [6.07, 6.45) is 1.05. The van der Waals surface area contributed by atoms with Gasteiger partial charge >= 0.3 is 0 Å². The molecule has 0 saturated carbocycles. The lowest BCUT2D eigenvalue weighted by molar-refractivity contribution is -0.403. The molecule has 0 atom stereocenters. The predicted molar refractivity (Wildman–Crippen MR) is 35.6 cm³/mol. The first-order chi connectivity index (χ1) is 4.04. The van der Waals surface area contributed by atoms with Gasteiger partial charge in [-0.05, 0) is 18.4 Å². The fraction of sp³-hybridized carbons (Fsp3) is 0.667. The number of nitro groups is 1. The fourth-order valence-corrected chi connectivity index (χ4v) is 0.315. The van der Waals surface area contributed by atoms with Crippen molar-refractivity contribution in [2.45, 2.75) is 20.8 Å². The van der Waals surface area contributed by atoms with Crippen molar-refractivity contribution >= 4 is 0 Å². The van der Waals surface area contributed by atoms with Crippen LogP contribution in [-0.4, -0.2) is 4.92 Å². The van der Waals surface area contributed by atoms with Crippen molar-refractivity contribution in [3.8, 4) is 0 Å². The minimum atomic E-state index is -0.421. The molecule has 0 aromatic heterocycles. The number of rotatable bonds is 2. The maximum atomic E-state index is 9.84. The van der Waals surface area contributed by atoms with E-state index in [2.05, 4.69) is 0 Å². The highest BCUT2D eigenvalue weighted by molar-refractivity contribution is 4.95. The molecule has 0 N–H and O–H groups in total. The van der Waals surface area contributed by atoms with Gasteiger partial charge in [0.15, 0.2) is 0 Å². The van der Waals surface area contributed by atoms with Gasteiger partial charge in [-0.3, -0.25) is 10.1 Å². The zero-order valence-electron chi connectivity index (χ0n) is 5.92. The fourth-order valence-electron chi connectivity index (χ4n) is 0.315. The summed E-state index contributed by atoms with van der Waals surface area (Å²) in [6, 6.07) is 0. The van der Waals surface area contributed by atoms with E-state index in [1.54, 1.807) is 6.92 Å². The summed E-state index contributed by atoms with van der Waals surface area (Å²) in [7, 11) is 0. The predicted octanol–water partition coefficient (Wildman–Crippen LogP) is 1.82. The van der Waals surface area contributed by atoms with E-state index in [0.29, 0.717) is 0 Å². The van der Waals surface area contributed by atoms with Crippen LogP contribution >= 0.6 is 0 Å². The quantitative estimate of drug-likeness (QED) is 0.421. The molecule has 0 unspecified atom stereocenters. The maximum absolute atomic E-state index is 9.84. The largest absolute Gasteiger partial charge is 0.259 e. The van der Waals surface area contributed by atoms with Crippen molar-refractivity contribution in [2.24, 2.45) is 5.92 Å². The first-order valence-corrected chi connectivity index (χ1v) is 2.86. The SMILES string of the molecule is C/C(=C\[N+](=O)[O-])C(C)C. The van der Waals surface area contributed by atoms with E-state index in [4.69, 9.17) is 0 Å². The summed E-state index contributed by atoms with van der Waals surface area (Å²) in [4.78, 5) is 9.42. The standard InChI is InChI=1S/C6H11NO2/c1-5(2)6(3)4-7(8)9/h4-5H,1-3H3/b6-4+. The Morgan fingerprint density at radius 1 is 1.67 bits per heavy atom. The number of hydrogen-bond acceptors (Lipinski definition) is 2. The highest BCUT2D eigenvalue weighted by atomic mass is 16.6. The first kappa shape index (κ1) is 8.14. The molecule has 0 radical (unpaired) electrons. The van der Waals surface area contributed by atoms with E-state index >= 15 is 0 Å². The Kier molecular flexibility index (Phi) is 2.91. The number of allylic oxidation sites excluding steroid dienone is 1. The average Bonchev–Trinajstić information content (AvgIpc) is 1.63. The van der Waals surface area contributed by atoms with E-state index in [1.165, 1.54) is 0 Å². The minimum Gasteiger partial charge on any atom is -0.259 e. The van der Waals surface area contributed by atoms with Crippen molar-refractivity contribution in [1.29, 1.82) is 0 Å². The molecule has 0 amide bonds. The lowest BCUT2D eigenvalue weighted by Gasteiger charge is -1.98. The van der Waals surface area contributed by atoms with Crippen LogP contribution in [0.3, 0.4) is 0 Å². The van der Waals surface area contributed by atoms with Crippen LogP contribution < -0.4 is 0 Å². The van der Waals surface area contributed by atoms with Crippen LogP contribution in [0.15, 0.2) is 11.8 Å². The Morgan fingerprint density at radius 3 is 2.22 bits per heavy atom. The monoisotopic (exact) mass is 129 g/mol. The first-order valence-electron chi connectivity index (χ1n) is 2.86. The van der Waals surface area contributed by atoms with Crippen LogP contribution in [0.2, 0.25) is 0 Å². The van der Waals surface area contributed by atoms with Gasteiger partial charge in [0.25, 0.3) is 0 Å². The van der Waals surface area contributed by atoms with Crippen molar-refractivity contribution in [3.63, 3.8) is 0 Å². The molecule has 3 nitrogen and oxygen atoms in total.